The number of esters is 1. The van der Waals surface area contributed by atoms with E-state index in [2.05, 4.69) is 14.9 Å². The maximum absolute atomic E-state index is 14.0. The van der Waals surface area contributed by atoms with Crippen LogP contribution >= 0.6 is 11.6 Å². The van der Waals surface area contributed by atoms with Crippen LogP contribution in [-0.4, -0.2) is 60.2 Å². The number of carbonyl (C=O) groups excluding carboxylic acids is 1. The average molecular weight is 331 g/mol. The van der Waals surface area contributed by atoms with E-state index in [9.17, 15) is 9.18 Å². The van der Waals surface area contributed by atoms with Gasteiger partial charge in [-0.05, 0) is 13.8 Å². The normalized spacial score (nSPS) is 15.9. The highest BCUT2D eigenvalue weighted by atomic mass is 35.5. The number of aryl methyl sites for hydroxylation is 1. The molecule has 0 aromatic carbocycles. The van der Waals surface area contributed by atoms with Gasteiger partial charge in [0.1, 0.15) is 5.82 Å². The zero-order chi connectivity index (χ0) is 16.1. The maximum atomic E-state index is 14.0. The number of carbonyl (C=O) groups is 1. The van der Waals surface area contributed by atoms with Crippen LogP contribution in [0, 0.1) is 12.7 Å². The molecule has 0 N–H and O–H groups in total. The predicted molar refractivity (Wildman–Crippen MR) is 81.6 cm³/mol. The third-order valence-electron chi connectivity index (χ3n) is 3.51. The van der Waals surface area contributed by atoms with Gasteiger partial charge in [-0.25, -0.2) is 9.97 Å². The molecule has 8 heteroatoms. The predicted octanol–water partition coefficient (Wildman–Crippen LogP) is 1.65. The molecule has 0 atom stereocenters. The molecule has 1 fully saturated rings. The Morgan fingerprint density at radius 1 is 1.32 bits per heavy atom. The van der Waals surface area contributed by atoms with Crippen LogP contribution in [0.15, 0.2) is 0 Å². The van der Waals surface area contributed by atoms with E-state index in [0.29, 0.717) is 38.5 Å². The second kappa shape index (κ2) is 7.69. The van der Waals surface area contributed by atoms with Crippen molar-refractivity contribution in [2.45, 2.75) is 20.3 Å². The quantitative estimate of drug-likeness (QED) is 0.604. The van der Waals surface area contributed by atoms with Gasteiger partial charge in [0, 0.05) is 32.7 Å². The average Bonchev–Trinajstić information content (AvgIpc) is 2.50. The number of hydrogen-bond acceptors (Lipinski definition) is 6. The molecule has 122 valence electrons. The molecule has 0 spiro atoms. The third kappa shape index (κ3) is 4.27. The molecular weight excluding hydrogens is 311 g/mol. The lowest BCUT2D eigenvalue weighted by Gasteiger charge is -2.35. The Hall–Kier alpha value is -1.47. The number of aromatic nitrogens is 2. The Morgan fingerprint density at radius 2 is 2.00 bits per heavy atom. The highest BCUT2D eigenvalue weighted by Gasteiger charge is 2.23. The van der Waals surface area contributed by atoms with E-state index in [1.54, 1.807) is 13.8 Å². The number of ether oxygens (including phenoxy) is 1. The van der Waals surface area contributed by atoms with Crippen molar-refractivity contribution < 1.29 is 13.9 Å². The van der Waals surface area contributed by atoms with Gasteiger partial charge in [0.15, 0.2) is 11.0 Å². The number of rotatable bonds is 5. The van der Waals surface area contributed by atoms with Crippen molar-refractivity contribution in [2.75, 3.05) is 44.2 Å². The van der Waals surface area contributed by atoms with Crippen LogP contribution in [0.3, 0.4) is 0 Å². The van der Waals surface area contributed by atoms with Gasteiger partial charge in [-0.2, -0.15) is 4.39 Å². The molecule has 2 heterocycles. The number of piperazine rings is 1. The van der Waals surface area contributed by atoms with Crippen molar-refractivity contribution in [1.29, 1.82) is 0 Å². The fourth-order valence-corrected chi connectivity index (χ4v) is 2.59. The molecule has 0 radical (unpaired) electrons. The maximum Gasteiger partial charge on any atom is 0.307 e. The molecule has 0 aliphatic carbocycles. The Bertz CT molecular complexity index is 536. The SMILES string of the molecule is CCOC(=O)CCN1CCN(c2nc(C)nc(Cl)c2F)CC1. The van der Waals surface area contributed by atoms with Gasteiger partial charge in [0.25, 0.3) is 0 Å². The highest BCUT2D eigenvalue weighted by Crippen LogP contribution is 2.23. The zero-order valence-corrected chi connectivity index (χ0v) is 13.6. The van der Waals surface area contributed by atoms with Gasteiger partial charge in [-0.1, -0.05) is 11.6 Å². The summed E-state index contributed by atoms with van der Waals surface area (Å²) in [6.07, 6.45) is 0.376. The lowest BCUT2D eigenvalue weighted by Crippen LogP contribution is -2.47. The molecule has 22 heavy (non-hydrogen) atoms. The van der Waals surface area contributed by atoms with Crippen molar-refractivity contribution in [3.05, 3.63) is 16.8 Å². The molecule has 1 aromatic rings. The molecule has 1 aliphatic heterocycles. The van der Waals surface area contributed by atoms with E-state index in [1.165, 1.54) is 0 Å². The first-order valence-electron chi connectivity index (χ1n) is 7.33. The lowest BCUT2D eigenvalue weighted by molar-refractivity contribution is -0.143. The van der Waals surface area contributed by atoms with Crippen LogP contribution < -0.4 is 4.90 Å². The van der Waals surface area contributed by atoms with E-state index in [0.717, 1.165) is 13.1 Å². The summed E-state index contributed by atoms with van der Waals surface area (Å²) in [4.78, 5) is 23.3. The summed E-state index contributed by atoms with van der Waals surface area (Å²) >= 11 is 5.77. The minimum absolute atomic E-state index is 0.146. The molecular formula is C14H20ClFN4O2. The summed E-state index contributed by atoms with van der Waals surface area (Å²) in [5.74, 6) is -0.0601. The summed E-state index contributed by atoms with van der Waals surface area (Å²) in [7, 11) is 0. The van der Waals surface area contributed by atoms with Crippen LogP contribution in [0.5, 0.6) is 0 Å². The van der Waals surface area contributed by atoms with Crippen molar-refractivity contribution in [3.63, 3.8) is 0 Å². The van der Waals surface area contributed by atoms with Crippen LogP contribution in [-0.2, 0) is 9.53 Å². The van der Waals surface area contributed by atoms with Gasteiger partial charge in [0.2, 0.25) is 5.82 Å². The first kappa shape index (κ1) is 16.9. The number of hydrogen-bond donors (Lipinski definition) is 0. The number of halogens is 2. The van der Waals surface area contributed by atoms with E-state index in [1.807, 2.05) is 4.90 Å². The fourth-order valence-electron chi connectivity index (χ4n) is 2.39. The molecule has 0 amide bonds. The standard InChI is InChI=1S/C14H20ClFN4O2/c1-3-22-11(21)4-5-19-6-8-20(9-7-19)14-12(16)13(15)17-10(2)18-14/h3-9H2,1-2H3. The first-order valence-corrected chi connectivity index (χ1v) is 7.71. The monoisotopic (exact) mass is 330 g/mol. The van der Waals surface area contributed by atoms with Gasteiger partial charge >= 0.3 is 5.97 Å². The van der Waals surface area contributed by atoms with Crippen molar-refractivity contribution in [3.8, 4) is 0 Å². The Balaban J connectivity index is 1.88. The molecule has 0 bridgehead atoms. The second-order valence-electron chi connectivity index (χ2n) is 5.08. The van der Waals surface area contributed by atoms with E-state index < -0.39 is 5.82 Å². The Morgan fingerprint density at radius 3 is 2.64 bits per heavy atom. The van der Waals surface area contributed by atoms with Gasteiger partial charge < -0.3 is 9.64 Å². The Kier molecular flexibility index (Phi) is 5.90. The molecule has 6 nitrogen and oxygen atoms in total. The highest BCUT2D eigenvalue weighted by molar-refractivity contribution is 6.29. The van der Waals surface area contributed by atoms with E-state index in [-0.39, 0.29) is 16.9 Å². The van der Waals surface area contributed by atoms with E-state index in [4.69, 9.17) is 16.3 Å². The van der Waals surface area contributed by atoms with Crippen LogP contribution in [0.25, 0.3) is 0 Å². The number of anilines is 1. The summed E-state index contributed by atoms with van der Waals surface area (Å²) in [5.41, 5.74) is 0. The smallest absolute Gasteiger partial charge is 0.307 e. The summed E-state index contributed by atoms with van der Waals surface area (Å²) < 4.78 is 18.9. The van der Waals surface area contributed by atoms with E-state index >= 15 is 0 Å². The lowest BCUT2D eigenvalue weighted by atomic mass is 10.3. The molecule has 1 saturated heterocycles. The zero-order valence-electron chi connectivity index (χ0n) is 12.8. The first-order chi connectivity index (χ1) is 10.5. The molecule has 1 aromatic heterocycles. The topological polar surface area (TPSA) is 58.6 Å². The van der Waals surface area contributed by atoms with Gasteiger partial charge in [-0.3, -0.25) is 9.69 Å². The van der Waals surface area contributed by atoms with Crippen molar-refractivity contribution in [1.82, 2.24) is 14.9 Å². The van der Waals surface area contributed by atoms with Crippen LogP contribution in [0.2, 0.25) is 5.15 Å². The van der Waals surface area contributed by atoms with Crippen LogP contribution in [0.4, 0.5) is 10.2 Å². The molecule has 2 rings (SSSR count). The largest absolute Gasteiger partial charge is 0.466 e. The Labute approximate surface area is 134 Å². The second-order valence-corrected chi connectivity index (χ2v) is 5.44. The van der Waals surface area contributed by atoms with Crippen molar-refractivity contribution in [2.24, 2.45) is 0 Å². The minimum atomic E-state index is -0.577. The molecule has 0 unspecified atom stereocenters. The van der Waals surface area contributed by atoms with Gasteiger partial charge in [-0.15, -0.1) is 0 Å². The van der Waals surface area contributed by atoms with Crippen molar-refractivity contribution >= 4 is 23.4 Å². The summed E-state index contributed by atoms with van der Waals surface area (Å²) in [5, 5.41) is -0.146. The third-order valence-corrected chi connectivity index (χ3v) is 3.76. The summed E-state index contributed by atoms with van der Waals surface area (Å²) in [6, 6.07) is 0. The molecule has 0 saturated carbocycles. The minimum Gasteiger partial charge on any atom is -0.466 e. The molecule has 1 aliphatic rings. The fraction of sp³-hybridized carbons (Fsp3) is 0.643. The number of nitrogens with zero attached hydrogens (tertiary/aromatic N) is 4. The van der Waals surface area contributed by atoms with Crippen LogP contribution in [0.1, 0.15) is 19.2 Å². The summed E-state index contributed by atoms with van der Waals surface area (Å²) in [6.45, 7) is 7.26. The van der Waals surface area contributed by atoms with Gasteiger partial charge in [0.05, 0.1) is 13.0 Å².